The Morgan fingerprint density at radius 3 is 2.89 bits per heavy atom. The third kappa shape index (κ3) is 4.96. The molecule has 1 fully saturated rings. The standard InChI is InChI=1S/C21H27FN6/c1-3-5-6-16-12-20(28-10-9-18(14-28)24-4-2)27-21(25-16)26-17-7-8-19(22)15(11-17)13-23/h7-8,11-12,18,24H,3-6,9-10,14H2,1-2H3,(H,25,26,27)/t18-/m0/s1. The van der Waals surface area contributed by atoms with Gasteiger partial charge in [0.05, 0.1) is 5.56 Å². The van der Waals surface area contributed by atoms with Gasteiger partial charge in [-0.15, -0.1) is 0 Å². The van der Waals surface area contributed by atoms with Crippen LogP contribution in [0.1, 0.15) is 44.4 Å². The Kier molecular flexibility index (Phi) is 6.77. The first-order chi connectivity index (χ1) is 13.6. The van der Waals surface area contributed by atoms with Crippen LogP contribution in [0.2, 0.25) is 0 Å². The average Bonchev–Trinajstić information content (AvgIpc) is 3.17. The van der Waals surface area contributed by atoms with E-state index in [1.54, 1.807) is 6.07 Å². The van der Waals surface area contributed by atoms with Gasteiger partial charge >= 0.3 is 0 Å². The highest BCUT2D eigenvalue weighted by Crippen LogP contribution is 2.24. The smallest absolute Gasteiger partial charge is 0.229 e. The highest BCUT2D eigenvalue weighted by atomic mass is 19.1. The number of nitrogens with one attached hydrogen (secondary N) is 2. The first kappa shape index (κ1) is 20.0. The van der Waals surface area contributed by atoms with E-state index in [4.69, 9.17) is 10.2 Å². The van der Waals surface area contributed by atoms with E-state index in [2.05, 4.69) is 40.4 Å². The summed E-state index contributed by atoms with van der Waals surface area (Å²) in [7, 11) is 0. The molecule has 2 heterocycles. The first-order valence-corrected chi connectivity index (χ1v) is 9.95. The van der Waals surface area contributed by atoms with Gasteiger partial charge in [-0.05, 0) is 44.0 Å². The van der Waals surface area contributed by atoms with Crippen LogP contribution in [-0.4, -0.2) is 35.6 Å². The zero-order chi connectivity index (χ0) is 19.9. The zero-order valence-corrected chi connectivity index (χ0v) is 16.5. The Morgan fingerprint density at radius 1 is 1.29 bits per heavy atom. The summed E-state index contributed by atoms with van der Waals surface area (Å²) in [5.41, 5.74) is 1.59. The first-order valence-electron chi connectivity index (χ1n) is 9.95. The van der Waals surface area contributed by atoms with Gasteiger partial charge in [0.15, 0.2) is 0 Å². The molecule has 0 bridgehead atoms. The monoisotopic (exact) mass is 382 g/mol. The molecule has 6 nitrogen and oxygen atoms in total. The lowest BCUT2D eigenvalue weighted by Crippen LogP contribution is -2.32. The number of benzene rings is 1. The van der Waals surface area contributed by atoms with Crippen molar-refractivity contribution in [2.45, 2.75) is 45.6 Å². The van der Waals surface area contributed by atoms with Crippen molar-refractivity contribution in [1.82, 2.24) is 15.3 Å². The number of halogens is 1. The molecule has 1 aromatic heterocycles. The van der Waals surface area contributed by atoms with E-state index in [1.807, 2.05) is 6.07 Å². The fourth-order valence-corrected chi connectivity index (χ4v) is 3.43. The SMILES string of the molecule is CCCCc1cc(N2CC[C@H](NCC)C2)nc(Nc2ccc(F)c(C#N)c2)n1. The largest absolute Gasteiger partial charge is 0.355 e. The van der Waals surface area contributed by atoms with Crippen molar-refractivity contribution in [2.24, 2.45) is 0 Å². The summed E-state index contributed by atoms with van der Waals surface area (Å²) in [6, 6.07) is 8.76. The summed E-state index contributed by atoms with van der Waals surface area (Å²) in [5.74, 6) is 0.857. The van der Waals surface area contributed by atoms with Crippen molar-refractivity contribution in [3.63, 3.8) is 0 Å². The van der Waals surface area contributed by atoms with Crippen LogP contribution in [0.4, 0.5) is 21.8 Å². The third-order valence-corrected chi connectivity index (χ3v) is 4.90. The second kappa shape index (κ2) is 9.47. The highest BCUT2D eigenvalue weighted by molar-refractivity contribution is 5.58. The van der Waals surface area contributed by atoms with E-state index in [9.17, 15) is 4.39 Å². The van der Waals surface area contributed by atoms with Crippen molar-refractivity contribution in [3.05, 3.63) is 41.3 Å². The molecule has 0 saturated carbocycles. The van der Waals surface area contributed by atoms with Crippen LogP contribution < -0.4 is 15.5 Å². The lowest BCUT2D eigenvalue weighted by Gasteiger charge is -2.19. The number of anilines is 3. The van der Waals surface area contributed by atoms with Crippen LogP contribution in [0.15, 0.2) is 24.3 Å². The molecule has 148 valence electrons. The number of rotatable bonds is 8. The molecule has 7 heteroatoms. The Hall–Kier alpha value is -2.72. The van der Waals surface area contributed by atoms with Crippen molar-refractivity contribution in [2.75, 3.05) is 29.9 Å². The predicted molar refractivity (Wildman–Crippen MR) is 109 cm³/mol. The topological polar surface area (TPSA) is 76.9 Å². The molecule has 3 rings (SSSR count). The Labute approximate surface area is 165 Å². The van der Waals surface area contributed by atoms with Gasteiger partial charge in [0.1, 0.15) is 17.7 Å². The molecule has 1 aromatic carbocycles. The van der Waals surface area contributed by atoms with Gasteiger partial charge in [-0.1, -0.05) is 20.3 Å². The summed E-state index contributed by atoms with van der Waals surface area (Å²) in [5, 5.41) is 15.7. The number of aryl methyl sites for hydroxylation is 1. The predicted octanol–water partition coefficient (Wildman–Crippen LogP) is 3.76. The summed E-state index contributed by atoms with van der Waals surface area (Å²) in [4.78, 5) is 11.6. The van der Waals surface area contributed by atoms with Crippen LogP contribution in [0.3, 0.4) is 0 Å². The quantitative estimate of drug-likeness (QED) is 0.724. The van der Waals surface area contributed by atoms with E-state index in [1.165, 1.54) is 12.1 Å². The van der Waals surface area contributed by atoms with Gasteiger partial charge in [-0.3, -0.25) is 0 Å². The molecule has 1 atom stereocenters. The van der Waals surface area contributed by atoms with Gasteiger partial charge < -0.3 is 15.5 Å². The maximum Gasteiger partial charge on any atom is 0.229 e. The van der Waals surface area contributed by atoms with Crippen molar-refractivity contribution in [3.8, 4) is 6.07 Å². The molecule has 1 aliphatic rings. The Balaban J connectivity index is 1.84. The average molecular weight is 382 g/mol. The molecule has 1 aliphatic heterocycles. The molecule has 1 saturated heterocycles. The number of nitriles is 1. The summed E-state index contributed by atoms with van der Waals surface area (Å²) in [6.07, 6.45) is 4.13. The molecular weight excluding hydrogens is 355 g/mol. The fraction of sp³-hybridized carbons (Fsp3) is 0.476. The second-order valence-corrected chi connectivity index (χ2v) is 7.07. The highest BCUT2D eigenvalue weighted by Gasteiger charge is 2.23. The molecule has 28 heavy (non-hydrogen) atoms. The number of hydrogen-bond acceptors (Lipinski definition) is 6. The molecule has 2 N–H and O–H groups in total. The van der Waals surface area contributed by atoms with Crippen molar-refractivity contribution >= 4 is 17.5 Å². The van der Waals surface area contributed by atoms with E-state index >= 15 is 0 Å². The van der Waals surface area contributed by atoms with E-state index < -0.39 is 5.82 Å². The Morgan fingerprint density at radius 2 is 2.14 bits per heavy atom. The molecule has 0 aliphatic carbocycles. The number of hydrogen-bond donors (Lipinski definition) is 2. The van der Waals surface area contributed by atoms with Crippen LogP contribution in [0, 0.1) is 17.1 Å². The number of nitrogens with zero attached hydrogens (tertiary/aromatic N) is 4. The molecule has 0 spiro atoms. The van der Waals surface area contributed by atoms with E-state index in [-0.39, 0.29) is 5.56 Å². The normalized spacial score (nSPS) is 16.2. The minimum Gasteiger partial charge on any atom is -0.355 e. The molecule has 0 radical (unpaired) electrons. The summed E-state index contributed by atoms with van der Waals surface area (Å²) in [6.45, 7) is 7.12. The van der Waals surface area contributed by atoms with E-state index in [0.29, 0.717) is 17.7 Å². The van der Waals surface area contributed by atoms with Crippen LogP contribution in [0.5, 0.6) is 0 Å². The molecule has 0 unspecified atom stereocenters. The number of likely N-dealkylation sites (N-methyl/N-ethyl adjacent to an activating group) is 1. The van der Waals surface area contributed by atoms with E-state index in [0.717, 1.165) is 56.8 Å². The number of aromatic nitrogens is 2. The summed E-state index contributed by atoms with van der Waals surface area (Å²) >= 11 is 0. The number of unbranched alkanes of at least 4 members (excludes halogenated alkanes) is 1. The second-order valence-electron chi connectivity index (χ2n) is 7.07. The fourth-order valence-electron chi connectivity index (χ4n) is 3.43. The summed E-state index contributed by atoms with van der Waals surface area (Å²) < 4.78 is 13.6. The lowest BCUT2D eigenvalue weighted by atomic mass is 10.2. The Bertz CT molecular complexity index is 847. The van der Waals surface area contributed by atoms with Gasteiger partial charge in [-0.25, -0.2) is 9.37 Å². The van der Waals surface area contributed by atoms with Crippen LogP contribution in [0.25, 0.3) is 0 Å². The molecular formula is C21H27FN6. The van der Waals surface area contributed by atoms with Gasteiger partial charge in [0.2, 0.25) is 5.95 Å². The van der Waals surface area contributed by atoms with Crippen molar-refractivity contribution in [1.29, 1.82) is 5.26 Å². The molecule has 2 aromatic rings. The third-order valence-electron chi connectivity index (χ3n) is 4.90. The minimum atomic E-state index is -0.530. The lowest BCUT2D eigenvalue weighted by molar-refractivity contribution is 0.571. The van der Waals surface area contributed by atoms with Crippen molar-refractivity contribution < 1.29 is 4.39 Å². The molecule has 0 amide bonds. The maximum absolute atomic E-state index is 13.6. The van der Waals surface area contributed by atoms with Gasteiger partial charge in [-0.2, -0.15) is 10.2 Å². The van der Waals surface area contributed by atoms with Gasteiger partial charge in [0.25, 0.3) is 0 Å². The zero-order valence-electron chi connectivity index (χ0n) is 16.5. The minimum absolute atomic E-state index is 0.000357. The van der Waals surface area contributed by atoms with Crippen LogP contribution in [-0.2, 0) is 6.42 Å². The van der Waals surface area contributed by atoms with Gasteiger partial charge in [0, 0.05) is 36.6 Å². The maximum atomic E-state index is 13.6. The van der Waals surface area contributed by atoms with Crippen LogP contribution >= 0.6 is 0 Å².